The van der Waals surface area contributed by atoms with E-state index in [4.69, 9.17) is 4.74 Å². The Bertz CT molecular complexity index is 1280. The quantitative estimate of drug-likeness (QED) is 0.610. The number of rotatable bonds is 5. The number of nitrogens with zero attached hydrogens (tertiary/aromatic N) is 5. The van der Waals surface area contributed by atoms with Crippen molar-refractivity contribution in [2.75, 3.05) is 51.2 Å². The van der Waals surface area contributed by atoms with Crippen LogP contribution in [0.1, 0.15) is 65.3 Å². The van der Waals surface area contributed by atoms with Gasteiger partial charge in [-0.3, -0.25) is 13.9 Å². The number of fused-ring (bicyclic) bond motifs is 1. The first-order valence-corrected chi connectivity index (χ1v) is 14.9. The molecule has 5 rings (SSSR count). The number of anilines is 1. The minimum Gasteiger partial charge on any atom is -0.444 e. The topological polar surface area (TPSA) is 92.1 Å². The van der Waals surface area contributed by atoms with E-state index in [9.17, 15) is 14.4 Å². The molecule has 0 bridgehead atoms. The van der Waals surface area contributed by atoms with Crippen molar-refractivity contribution in [2.24, 2.45) is 13.0 Å². The summed E-state index contributed by atoms with van der Waals surface area (Å²) in [6.07, 6.45) is 5.59. The zero-order chi connectivity index (χ0) is 28.6. The van der Waals surface area contributed by atoms with Gasteiger partial charge in [-0.15, -0.1) is 0 Å². The maximum atomic E-state index is 13.1. The Morgan fingerprint density at radius 1 is 1.02 bits per heavy atom. The molecule has 220 valence electrons. The van der Waals surface area contributed by atoms with Crippen molar-refractivity contribution < 1.29 is 14.3 Å². The van der Waals surface area contributed by atoms with Crippen LogP contribution in [0.3, 0.4) is 0 Å². The summed E-state index contributed by atoms with van der Waals surface area (Å²) in [5.41, 5.74) is 2.24. The van der Waals surface area contributed by atoms with Crippen LogP contribution in [-0.2, 0) is 16.6 Å². The zero-order valence-electron chi connectivity index (χ0n) is 24.8. The van der Waals surface area contributed by atoms with Gasteiger partial charge in [0.25, 0.3) is 0 Å². The number of nitrogens with one attached hydrogen (secondary N) is 1. The van der Waals surface area contributed by atoms with E-state index >= 15 is 0 Å². The summed E-state index contributed by atoms with van der Waals surface area (Å²) in [4.78, 5) is 44.8. The van der Waals surface area contributed by atoms with Gasteiger partial charge >= 0.3 is 11.8 Å². The number of ether oxygens (including phenoxy) is 1. The largest absolute Gasteiger partial charge is 0.444 e. The predicted molar refractivity (Wildman–Crippen MR) is 157 cm³/mol. The summed E-state index contributed by atoms with van der Waals surface area (Å²) < 4.78 is 8.89. The second-order valence-electron chi connectivity index (χ2n) is 12.9. The third-order valence-electron chi connectivity index (χ3n) is 8.91. The van der Waals surface area contributed by atoms with E-state index in [1.807, 2.05) is 31.7 Å². The van der Waals surface area contributed by atoms with E-state index in [0.29, 0.717) is 24.9 Å². The fourth-order valence-corrected chi connectivity index (χ4v) is 6.60. The number of imidazole rings is 1. The molecule has 3 aliphatic rings. The number of aryl methyl sites for hydroxylation is 1. The summed E-state index contributed by atoms with van der Waals surface area (Å²) in [5, 5.41) is 2.91. The van der Waals surface area contributed by atoms with Crippen LogP contribution in [0.4, 0.5) is 10.5 Å². The van der Waals surface area contributed by atoms with Crippen LogP contribution in [0.15, 0.2) is 23.0 Å². The molecule has 0 saturated carbocycles. The maximum absolute atomic E-state index is 13.1. The predicted octanol–water partition coefficient (Wildman–Crippen LogP) is 3.34. The standard InChI is InChI=1S/C30H46N6O4/c1-30(2,3)40-29(39)35-15-10-21(11-16-35)20-32(4)22-12-17-34(18-13-22)23-8-9-24-26(19-23)33(5)28(38)36(24)25-7-6-14-31-27(25)37/h8-9,19,21-22,25H,6-7,10-18,20H2,1-5H3,(H,31,37). The van der Waals surface area contributed by atoms with Gasteiger partial charge < -0.3 is 24.8 Å². The minimum atomic E-state index is -0.455. The van der Waals surface area contributed by atoms with Gasteiger partial charge in [-0.2, -0.15) is 0 Å². The lowest BCUT2D eigenvalue weighted by Crippen LogP contribution is -2.47. The van der Waals surface area contributed by atoms with Gasteiger partial charge in [0.2, 0.25) is 5.91 Å². The number of carbonyl (C=O) groups is 2. The number of aromatic nitrogens is 2. The fraction of sp³-hybridized carbons (Fsp3) is 0.700. The van der Waals surface area contributed by atoms with E-state index < -0.39 is 11.6 Å². The van der Waals surface area contributed by atoms with Crippen LogP contribution in [0, 0.1) is 5.92 Å². The van der Waals surface area contributed by atoms with E-state index in [0.717, 1.165) is 81.5 Å². The first-order chi connectivity index (χ1) is 19.0. The van der Waals surface area contributed by atoms with Crippen LogP contribution < -0.4 is 15.9 Å². The Kier molecular flexibility index (Phi) is 8.17. The summed E-state index contributed by atoms with van der Waals surface area (Å²) in [6, 6.07) is 6.32. The molecule has 1 N–H and O–H groups in total. The Morgan fingerprint density at radius 3 is 2.38 bits per heavy atom. The molecule has 1 aromatic heterocycles. The molecule has 1 unspecified atom stereocenters. The molecular weight excluding hydrogens is 508 g/mol. The third kappa shape index (κ3) is 6.01. The first kappa shape index (κ1) is 28.5. The Labute approximate surface area is 237 Å². The number of piperidine rings is 3. The monoisotopic (exact) mass is 554 g/mol. The number of benzene rings is 1. The lowest BCUT2D eigenvalue weighted by atomic mass is 9.94. The van der Waals surface area contributed by atoms with Gasteiger partial charge in [-0.25, -0.2) is 9.59 Å². The molecule has 3 fully saturated rings. The van der Waals surface area contributed by atoms with Crippen LogP contribution in [0.25, 0.3) is 11.0 Å². The van der Waals surface area contributed by atoms with Crippen molar-refractivity contribution in [3.8, 4) is 0 Å². The Balaban J connectivity index is 1.16. The summed E-state index contributed by atoms with van der Waals surface area (Å²) in [5.74, 6) is 0.533. The zero-order valence-corrected chi connectivity index (χ0v) is 24.8. The molecule has 10 nitrogen and oxygen atoms in total. The van der Waals surface area contributed by atoms with Gasteiger partial charge in [0.1, 0.15) is 11.6 Å². The van der Waals surface area contributed by atoms with Gasteiger partial charge in [-0.05, 0) is 90.5 Å². The molecule has 10 heteroatoms. The summed E-state index contributed by atoms with van der Waals surface area (Å²) in [7, 11) is 4.04. The average molecular weight is 555 g/mol. The summed E-state index contributed by atoms with van der Waals surface area (Å²) >= 11 is 0. The van der Waals surface area contributed by atoms with Crippen LogP contribution >= 0.6 is 0 Å². The fourth-order valence-electron chi connectivity index (χ4n) is 6.60. The molecule has 2 amide bonds. The van der Waals surface area contributed by atoms with Crippen molar-refractivity contribution in [2.45, 2.75) is 77.0 Å². The molecule has 40 heavy (non-hydrogen) atoms. The second kappa shape index (κ2) is 11.5. The van der Waals surface area contributed by atoms with E-state index in [1.54, 1.807) is 16.2 Å². The molecule has 0 radical (unpaired) electrons. The van der Waals surface area contributed by atoms with E-state index in [-0.39, 0.29) is 17.7 Å². The molecule has 2 aromatic rings. The van der Waals surface area contributed by atoms with Gasteiger partial charge in [0, 0.05) is 58.0 Å². The highest BCUT2D eigenvalue weighted by atomic mass is 16.6. The number of amides is 2. The minimum absolute atomic E-state index is 0.0651. The van der Waals surface area contributed by atoms with Crippen LogP contribution in [-0.4, -0.2) is 88.9 Å². The van der Waals surface area contributed by atoms with E-state index in [1.165, 1.54) is 0 Å². The smallest absolute Gasteiger partial charge is 0.410 e. The van der Waals surface area contributed by atoms with Crippen molar-refractivity contribution in [1.29, 1.82) is 0 Å². The highest BCUT2D eigenvalue weighted by Crippen LogP contribution is 2.29. The number of carbonyl (C=O) groups excluding carboxylic acids is 2. The second-order valence-corrected chi connectivity index (χ2v) is 12.9. The highest BCUT2D eigenvalue weighted by Gasteiger charge is 2.31. The Hall–Kier alpha value is -3.01. The van der Waals surface area contributed by atoms with Crippen molar-refractivity contribution >= 4 is 28.7 Å². The Morgan fingerprint density at radius 2 is 1.73 bits per heavy atom. The molecule has 1 aromatic carbocycles. The van der Waals surface area contributed by atoms with Crippen LogP contribution in [0.2, 0.25) is 0 Å². The van der Waals surface area contributed by atoms with E-state index in [2.05, 4.69) is 34.3 Å². The molecule has 0 aliphatic carbocycles. The number of likely N-dealkylation sites (tertiary alicyclic amines) is 1. The van der Waals surface area contributed by atoms with Gasteiger partial charge in [0.05, 0.1) is 11.0 Å². The molecule has 4 heterocycles. The normalized spacial score (nSPS) is 21.8. The molecule has 3 aliphatic heterocycles. The van der Waals surface area contributed by atoms with Gasteiger partial charge in [-0.1, -0.05) is 0 Å². The summed E-state index contributed by atoms with van der Waals surface area (Å²) in [6.45, 7) is 10.9. The highest BCUT2D eigenvalue weighted by molar-refractivity contribution is 5.86. The molecule has 3 saturated heterocycles. The average Bonchev–Trinajstić information content (AvgIpc) is 3.17. The van der Waals surface area contributed by atoms with Crippen molar-refractivity contribution in [3.63, 3.8) is 0 Å². The molecule has 0 spiro atoms. The number of hydrogen-bond acceptors (Lipinski definition) is 6. The lowest BCUT2D eigenvalue weighted by molar-refractivity contribution is -0.125. The molecule has 1 atom stereocenters. The van der Waals surface area contributed by atoms with Gasteiger partial charge in [0.15, 0.2) is 0 Å². The van der Waals surface area contributed by atoms with Crippen molar-refractivity contribution in [3.05, 3.63) is 28.7 Å². The van der Waals surface area contributed by atoms with Crippen LogP contribution in [0.5, 0.6) is 0 Å². The maximum Gasteiger partial charge on any atom is 0.410 e. The third-order valence-corrected chi connectivity index (χ3v) is 8.91. The lowest BCUT2D eigenvalue weighted by Gasteiger charge is -2.40. The van der Waals surface area contributed by atoms with Crippen molar-refractivity contribution in [1.82, 2.24) is 24.3 Å². The number of hydrogen-bond donors (Lipinski definition) is 1. The first-order valence-electron chi connectivity index (χ1n) is 14.9. The SMILES string of the molecule is CN(CC1CCN(C(=O)OC(C)(C)C)CC1)C1CCN(c2ccc3c(c2)n(C)c(=O)n3C2CCCNC2=O)CC1. The molecular formula is C30H46N6O4.